The van der Waals surface area contributed by atoms with Gasteiger partial charge in [-0.1, -0.05) is 23.2 Å². The van der Waals surface area contributed by atoms with Gasteiger partial charge in [-0.2, -0.15) is 0 Å². The van der Waals surface area contributed by atoms with Crippen LogP contribution in [0, 0.1) is 0 Å². The second kappa shape index (κ2) is 6.19. The van der Waals surface area contributed by atoms with Crippen molar-refractivity contribution in [3.8, 4) is 0 Å². The lowest BCUT2D eigenvalue weighted by atomic mass is 10.2. The largest absolute Gasteiger partial charge is 0.395 e. The Kier molecular flexibility index (Phi) is 5.18. The molecular formula is C11H14Cl2N2O2. The third-order valence-electron chi connectivity index (χ3n) is 2.24. The number of aromatic nitrogens is 1. The highest BCUT2D eigenvalue weighted by atomic mass is 35.5. The zero-order valence-electron chi connectivity index (χ0n) is 9.65. The van der Waals surface area contributed by atoms with Gasteiger partial charge in [0.1, 0.15) is 10.8 Å². The number of aliphatic hydroxyl groups excluding tert-OH is 1. The molecule has 0 spiro atoms. The van der Waals surface area contributed by atoms with Crippen molar-refractivity contribution in [1.82, 2.24) is 9.88 Å². The number of carbonyl (C=O) groups is 1. The lowest BCUT2D eigenvalue weighted by Gasteiger charge is -2.25. The van der Waals surface area contributed by atoms with Crippen molar-refractivity contribution in [3.63, 3.8) is 0 Å². The first-order chi connectivity index (χ1) is 7.97. The van der Waals surface area contributed by atoms with Crippen molar-refractivity contribution >= 4 is 29.1 Å². The molecule has 1 aromatic rings. The van der Waals surface area contributed by atoms with E-state index in [1.54, 1.807) is 0 Å². The molecule has 94 valence electrons. The Morgan fingerprint density at radius 2 is 2.12 bits per heavy atom. The van der Waals surface area contributed by atoms with Crippen LogP contribution in [0.15, 0.2) is 12.1 Å². The van der Waals surface area contributed by atoms with Gasteiger partial charge in [-0.25, -0.2) is 4.98 Å². The third kappa shape index (κ3) is 3.56. The van der Waals surface area contributed by atoms with Crippen LogP contribution in [-0.4, -0.2) is 40.1 Å². The van der Waals surface area contributed by atoms with Gasteiger partial charge in [0.15, 0.2) is 0 Å². The second-order valence-corrected chi connectivity index (χ2v) is 4.57. The molecule has 0 saturated carbocycles. The highest BCUT2D eigenvalue weighted by molar-refractivity contribution is 6.34. The van der Waals surface area contributed by atoms with Crippen LogP contribution in [0.25, 0.3) is 0 Å². The summed E-state index contributed by atoms with van der Waals surface area (Å²) in [5.41, 5.74) is 0.112. The quantitative estimate of drug-likeness (QED) is 0.859. The molecule has 1 heterocycles. The average molecular weight is 277 g/mol. The van der Waals surface area contributed by atoms with Gasteiger partial charge in [0, 0.05) is 12.6 Å². The molecule has 0 atom stereocenters. The second-order valence-electron chi connectivity index (χ2n) is 3.78. The monoisotopic (exact) mass is 276 g/mol. The predicted octanol–water partition coefficient (Wildman–Crippen LogP) is 2.23. The first-order valence-corrected chi connectivity index (χ1v) is 5.96. The van der Waals surface area contributed by atoms with Crippen LogP contribution in [-0.2, 0) is 0 Å². The van der Waals surface area contributed by atoms with Crippen molar-refractivity contribution in [2.45, 2.75) is 19.9 Å². The normalized spacial score (nSPS) is 10.7. The van der Waals surface area contributed by atoms with Crippen molar-refractivity contribution < 1.29 is 9.90 Å². The van der Waals surface area contributed by atoms with Crippen molar-refractivity contribution in [2.75, 3.05) is 13.2 Å². The van der Waals surface area contributed by atoms with E-state index in [9.17, 15) is 4.79 Å². The number of amides is 1. The first kappa shape index (κ1) is 14.2. The fourth-order valence-electron chi connectivity index (χ4n) is 1.41. The van der Waals surface area contributed by atoms with Gasteiger partial charge >= 0.3 is 0 Å². The van der Waals surface area contributed by atoms with E-state index in [-0.39, 0.29) is 41.0 Å². The van der Waals surface area contributed by atoms with Gasteiger partial charge in [0.25, 0.3) is 5.91 Å². The topological polar surface area (TPSA) is 53.4 Å². The van der Waals surface area contributed by atoms with E-state index in [1.165, 1.54) is 17.0 Å². The number of pyridine rings is 1. The number of hydrogen-bond donors (Lipinski definition) is 1. The van der Waals surface area contributed by atoms with Crippen LogP contribution in [0.1, 0.15) is 24.3 Å². The van der Waals surface area contributed by atoms with Gasteiger partial charge < -0.3 is 10.0 Å². The Morgan fingerprint density at radius 3 is 2.65 bits per heavy atom. The Balaban J connectivity index is 3.04. The Hall–Kier alpha value is -0.840. The molecule has 0 bridgehead atoms. The van der Waals surface area contributed by atoms with E-state index in [0.29, 0.717) is 0 Å². The van der Waals surface area contributed by atoms with Gasteiger partial charge in [-0.3, -0.25) is 4.79 Å². The van der Waals surface area contributed by atoms with Gasteiger partial charge in [0.2, 0.25) is 0 Å². The third-order valence-corrected chi connectivity index (χ3v) is 2.76. The van der Waals surface area contributed by atoms with Crippen LogP contribution in [0.5, 0.6) is 0 Å². The summed E-state index contributed by atoms with van der Waals surface area (Å²) in [4.78, 5) is 17.6. The van der Waals surface area contributed by atoms with E-state index >= 15 is 0 Å². The van der Waals surface area contributed by atoms with E-state index < -0.39 is 0 Å². The van der Waals surface area contributed by atoms with Crippen LogP contribution in [0.3, 0.4) is 0 Å². The summed E-state index contributed by atoms with van der Waals surface area (Å²) in [6.07, 6.45) is 0. The number of nitrogens with zero attached hydrogens (tertiary/aromatic N) is 2. The average Bonchev–Trinajstić information content (AvgIpc) is 2.28. The highest BCUT2D eigenvalue weighted by Gasteiger charge is 2.22. The summed E-state index contributed by atoms with van der Waals surface area (Å²) >= 11 is 11.6. The molecule has 0 unspecified atom stereocenters. The summed E-state index contributed by atoms with van der Waals surface area (Å²) in [5.74, 6) is -0.332. The summed E-state index contributed by atoms with van der Waals surface area (Å²) in [5, 5.41) is 9.40. The zero-order chi connectivity index (χ0) is 13.0. The molecule has 0 radical (unpaired) electrons. The first-order valence-electron chi connectivity index (χ1n) is 5.21. The van der Waals surface area contributed by atoms with E-state index in [2.05, 4.69) is 4.98 Å². The minimum atomic E-state index is -0.332. The molecule has 0 aliphatic heterocycles. The molecule has 0 aromatic carbocycles. The van der Waals surface area contributed by atoms with Crippen LogP contribution < -0.4 is 0 Å². The van der Waals surface area contributed by atoms with Crippen LogP contribution in [0.4, 0.5) is 0 Å². The maximum Gasteiger partial charge on any atom is 0.274 e. The molecule has 1 rings (SSSR count). The van der Waals surface area contributed by atoms with E-state index in [4.69, 9.17) is 28.3 Å². The lowest BCUT2D eigenvalue weighted by Crippen LogP contribution is -2.39. The van der Waals surface area contributed by atoms with E-state index in [1.807, 2.05) is 13.8 Å². The molecule has 0 fully saturated rings. The maximum absolute atomic E-state index is 12.2. The molecule has 0 aliphatic carbocycles. The van der Waals surface area contributed by atoms with Crippen molar-refractivity contribution in [3.05, 3.63) is 28.0 Å². The molecule has 1 aromatic heterocycles. The molecule has 6 heteroatoms. The molecule has 4 nitrogen and oxygen atoms in total. The van der Waals surface area contributed by atoms with Crippen molar-refractivity contribution in [2.24, 2.45) is 0 Å². The Morgan fingerprint density at radius 1 is 1.47 bits per heavy atom. The maximum atomic E-state index is 12.2. The number of halogens is 2. The summed E-state index contributed by atoms with van der Waals surface area (Å²) in [6.45, 7) is 3.83. The molecular weight excluding hydrogens is 263 g/mol. The van der Waals surface area contributed by atoms with E-state index in [0.717, 1.165) is 0 Å². The molecule has 17 heavy (non-hydrogen) atoms. The minimum Gasteiger partial charge on any atom is -0.395 e. The smallest absolute Gasteiger partial charge is 0.274 e. The molecule has 0 aliphatic rings. The van der Waals surface area contributed by atoms with Gasteiger partial charge in [-0.15, -0.1) is 0 Å². The van der Waals surface area contributed by atoms with Gasteiger partial charge in [-0.05, 0) is 26.0 Å². The predicted molar refractivity (Wildman–Crippen MR) is 67.5 cm³/mol. The Labute approximate surface area is 110 Å². The number of rotatable bonds is 4. The molecule has 1 N–H and O–H groups in total. The minimum absolute atomic E-state index is 0.0495. The lowest BCUT2D eigenvalue weighted by molar-refractivity contribution is 0.0659. The molecule has 1 amide bonds. The van der Waals surface area contributed by atoms with Gasteiger partial charge in [0.05, 0.1) is 11.6 Å². The fraction of sp³-hybridized carbons (Fsp3) is 0.455. The van der Waals surface area contributed by atoms with Crippen molar-refractivity contribution in [1.29, 1.82) is 0 Å². The summed E-state index contributed by atoms with van der Waals surface area (Å²) < 4.78 is 0. The molecule has 0 saturated heterocycles. The standard InChI is InChI=1S/C11H14Cl2N2O2/c1-7(2)15(5-6-16)11(17)10-8(12)3-4-9(13)14-10/h3-4,7,16H,5-6H2,1-2H3. The fourth-order valence-corrected chi connectivity index (χ4v) is 1.74. The summed E-state index contributed by atoms with van der Waals surface area (Å²) in [6, 6.07) is 3.00. The SMILES string of the molecule is CC(C)N(CCO)C(=O)c1nc(Cl)ccc1Cl. The van der Waals surface area contributed by atoms with Crippen LogP contribution >= 0.6 is 23.2 Å². The zero-order valence-corrected chi connectivity index (χ0v) is 11.2. The number of aliphatic hydroxyl groups is 1. The highest BCUT2D eigenvalue weighted by Crippen LogP contribution is 2.19. The summed E-state index contributed by atoms with van der Waals surface area (Å²) in [7, 11) is 0. The Bertz CT molecular complexity index is 410. The number of hydrogen-bond acceptors (Lipinski definition) is 3. The number of carbonyl (C=O) groups excluding carboxylic acids is 1. The van der Waals surface area contributed by atoms with Crippen LogP contribution in [0.2, 0.25) is 10.2 Å².